The molecule has 2 rings (SSSR count). The number of halogens is 1. The van der Waals surface area contributed by atoms with Crippen LogP contribution in [0.3, 0.4) is 0 Å². The minimum atomic E-state index is -0.439. The van der Waals surface area contributed by atoms with Gasteiger partial charge in [-0.15, -0.1) is 0 Å². The van der Waals surface area contributed by atoms with Crippen molar-refractivity contribution in [3.8, 4) is 28.7 Å². The molecule has 1 heterocycles. The SMILES string of the molecule is COc1cc(-c2cc(C)[nH]c(=O)c2C#N)cc(Br)c1O. The monoisotopic (exact) mass is 334 g/mol. The third-order valence-electron chi connectivity index (χ3n) is 2.84. The molecule has 1 aromatic heterocycles. The van der Waals surface area contributed by atoms with Crippen LogP contribution in [0.4, 0.5) is 0 Å². The maximum absolute atomic E-state index is 11.8. The largest absolute Gasteiger partial charge is 0.503 e. The predicted molar refractivity (Wildman–Crippen MR) is 77.9 cm³/mol. The van der Waals surface area contributed by atoms with Gasteiger partial charge in [0.25, 0.3) is 5.56 Å². The lowest BCUT2D eigenvalue weighted by Gasteiger charge is -2.10. The lowest BCUT2D eigenvalue weighted by molar-refractivity contribution is 0.372. The Morgan fingerprint density at radius 2 is 2.10 bits per heavy atom. The number of aromatic hydroxyl groups is 1. The molecule has 0 atom stereocenters. The van der Waals surface area contributed by atoms with Crippen molar-refractivity contribution in [3.05, 3.63) is 44.3 Å². The topological polar surface area (TPSA) is 86.1 Å². The number of hydrogen-bond acceptors (Lipinski definition) is 4. The second-order valence-corrected chi connectivity index (χ2v) is 5.05. The van der Waals surface area contributed by atoms with Crippen LogP contribution in [-0.2, 0) is 0 Å². The van der Waals surface area contributed by atoms with E-state index in [0.29, 0.717) is 21.3 Å². The van der Waals surface area contributed by atoms with Crippen LogP contribution in [0.1, 0.15) is 11.3 Å². The number of H-pyrrole nitrogens is 1. The van der Waals surface area contributed by atoms with Gasteiger partial charge in [0.15, 0.2) is 11.5 Å². The van der Waals surface area contributed by atoms with Crippen LogP contribution in [0.5, 0.6) is 11.5 Å². The van der Waals surface area contributed by atoms with Crippen LogP contribution in [0.15, 0.2) is 27.5 Å². The fourth-order valence-electron chi connectivity index (χ4n) is 1.91. The van der Waals surface area contributed by atoms with Crippen molar-refractivity contribution < 1.29 is 9.84 Å². The van der Waals surface area contributed by atoms with Gasteiger partial charge in [-0.05, 0) is 46.6 Å². The fourth-order valence-corrected chi connectivity index (χ4v) is 2.35. The van der Waals surface area contributed by atoms with Crippen molar-refractivity contribution in [2.75, 3.05) is 7.11 Å². The third kappa shape index (κ3) is 2.40. The molecule has 0 aliphatic heterocycles. The van der Waals surface area contributed by atoms with E-state index in [4.69, 9.17) is 10.00 Å². The number of benzene rings is 1. The first-order chi connectivity index (χ1) is 9.47. The van der Waals surface area contributed by atoms with E-state index < -0.39 is 5.56 Å². The highest BCUT2D eigenvalue weighted by atomic mass is 79.9. The van der Waals surface area contributed by atoms with Gasteiger partial charge < -0.3 is 14.8 Å². The molecule has 0 spiro atoms. The summed E-state index contributed by atoms with van der Waals surface area (Å²) in [6.07, 6.45) is 0. The molecule has 0 amide bonds. The van der Waals surface area contributed by atoms with Crippen molar-refractivity contribution >= 4 is 15.9 Å². The molecule has 0 aliphatic carbocycles. The van der Waals surface area contributed by atoms with Crippen LogP contribution in [-0.4, -0.2) is 17.2 Å². The highest BCUT2D eigenvalue weighted by Gasteiger charge is 2.14. The Bertz CT molecular complexity index is 775. The number of methoxy groups -OCH3 is 1. The molecule has 6 heteroatoms. The first kappa shape index (κ1) is 14.2. The number of aromatic amines is 1. The van der Waals surface area contributed by atoms with E-state index in [-0.39, 0.29) is 17.1 Å². The summed E-state index contributed by atoms with van der Waals surface area (Å²) in [5.41, 5.74) is 1.33. The van der Waals surface area contributed by atoms with Crippen LogP contribution >= 0.6 is 15.9 Å². The number of ether oxygens (including phenoxy) is 1. The molecular formula is C14H11BrN2O3. The quantitative estimate of drug-likeness (QED) is 0.883. The first-order valence-electron chi connectivity index (χ1n) is 5.68. The minimum absolute atomic E-state index is 0.0234. The van der Waals surface area contributed by atoms with E-state index >= 15 is 0 Å². The normalized spacial score (nSPS) is 10.1. The lowest BCUT2D eigenvalue weighted by Crippen LogP contribution is -2.12. The van der Waals surface area contributed by atoms with E-state index in [1.807, 2.05) is 6.07 Å². The third-order valence-corrected chi connectivity index (χ3v) is 3.44. The molecule has 0 radical (unpaired) electrons. The number of phenols is 1. The number of nitrogens with zero attached hydrogens (tertiary/aromatic N) is 1. The number of nitriles is 1. The second-order valence-electron chi connectivity index (χ2n) is 4.19. The van der Waals surface area contributed by atoms with Gasteiger partial charge in [-0.3, -0.25) is 4.79 Å². The zero-order valence-electron chi connectivity index (χ0n) is 10.8. The van der Waals surface area contributed by atoms with Gasteiger partial charge in [0.1, 0.15) is 11.6 Å². The molecule has 5 nitrogen and oxygen atoms in total. The van der Waals surface area contributed by atoms with Crippen molar-refractivity contribution in [2.24, 2.45) is 0 Å². The van der Waals surface area contributed by atoms with E-state index in [1.165, 1.54) is 7.11 Å². The number of pyridine rings is 1. The molecule has 0 saturated heterocycles. The summed E-state index contributed by atoms with van der Waals surface area (Å²) >= 11 is 3.22. The minimum Gasteiger partial charge on any atom is -0.503 e. The average Bonchev–Trinajstić information content (AvgIpc) is 2.41. The first-order valence-corrected chi connectivity index (χ1v) is 6.48. The Hall–Kier alpha value is -2.26. The number of nitrogens with one attached hydrogen (secondary N) is 1. The van der Waals surface area contributed by atoms with Crippen LogP contribution in [0, 0.1) is 18.3 Å². The van der Waals surface area contributed by atoms with Crippen LogP contribution in [0.2, 0.25) is 0 Å². The van der Waals surface area contributed by atoms with Crippen molar-refractivity contribution in [1.29, 1.82) is 5.26 Å². The van der Waals surface area contributed by atoms with Gasteiger partial charge in [-0.25, -0.2) is 0 Å². The molecular weight excluding hydrogens is 324 g/mol. The summed E-state index contributed by atoms with van der Waals surface area (Å²) in [6, 6.07) is 6.82. The Morgan fingerprint density at radius 3 is 2.70 bits per heavy atom. The molecule has 0 unspecified atom stereocenters. The summed E-state index contributed by atoms with van der Waals surface area (Å²) < 4.78 is 5.50. The van der Waals surface area contributed by atoms with Gasteiger partial charge in [0.05, 0.1) is 11.6 Å². The summed E-state index contributed by atoms with van der Waals surface area (Å²) in [7, 11) is 1.43. The number of rotatable bonds is 2. The van der Waals surface area contributed by atoms with E-state index in [0.717, 1.165) is 0 Å². The Kier molecular flexibility index (Phi) is 3.81. The molecule has 0 saturated carbocycles. The smallest absolute Gasteiger partial charge is 0.266 e. The number of hydrogen-bond donors (Lipinski definition) is 2. The van der Waals surface area contributed by atoms with Crippen LogP contribution in [0.25, 0.3) is 11.1 Å². The van der Waals surface area contributed by atoms with Gasteiger partial charge >= 0.3 is 0 Å². The highest BCUT2D eigenvalue weighted by molar-refractivity contribution is 9.10. The lowest BCUT2D eigenvalue weighted by atomic mass is 10.0. The molecule has 0 bridgehead atoms. The summed E-state index contributed by atoms with van der Waals surface area (Å²) in [5.74, 6) is 0.229. The van der Waals surface area contributed by atoms with Crippen molar-refractivity contribution in [2.45, 2.75) is 6.92 Å². The Labute approximate surface area is 123 Å². The second kappa shape index (κ2) is 5.39. The zero-order chi connectivity index (χ0) is 14.9. The van der Waals surface area contributed by atoms with Crippen molar-refractivity contribution in [3.63, 3.8) is 0 Å². The molecule has 0 aliphatic rings. The summed E-state index contributed by atoms with van der Waals surface area (Å²) in [5, 5.41) is 18.9. The van der Waals surface area contributed by atoms with Gasteiger partial charge in [0, 0.05) is 11.3 Å². The zero-order valence-corrected chi connectivity index (χ0v) is 12.4. The van der Waals surface area contributed by atoms with Crippen molar-refractivity contribution in [1.82, 2.24) is 4.98 Å². The van der Waals surface area contributed by atoms with E-state index in [2.05, 4.69) is 20.9 Å². The molecule has 0 fully saturated rings. The van der Waals surface area contributed by atoms with Gasteiger partial charge in [0.2, 0.25) is 0 Å². The Balaban J connectivity index is 2.79. The maximum atomic E-state index is 11.8. The molecule has 20 heavy (non-hydrogen) atoms. The van der Waals surface area contributed by atoms with Gasteiger partial charge in [-0.1, -0.05) is 0 Å². The number of phenolic OH excluding ortho intramolecular Hbond substituents is 1. The molecule has 2 N–H and O–H groups in total. The maximum Gasteiger partial charge on any atom is 0.266 e. The number of aromatic nitrogens is 1. The molecule has 2 aromatic rings. The predicted octanol–water partition coefficient (Wildman–Crippen LogP) is 2.70. The van der Waals surface area contributed by atoms with Crippen LogP contribution < -0.4 is 10.3 Å². The average molecular weight is 335 g/mol. The van der Waals surface area contributed by atoms with E-state index in [9.17, 15) is 9.90 Å². The Morgan fingerprint density at radius 1 is 1.40 bits per heavy atom. The standard InChI is InChI=1S/C14H11BrN2O3/c1-7-3-9(10(6-16)14(19)17-7)8-4-11(15)13(18)12(5-8)20-2/h3-5,18H,1-2H3,(H,17,19). The molecule has 102 valence electrons. The van der Waals surface area contributed by atoms with Gasteiger partial charge in [-0.2, -0.15) is 5.26 Å². The highest BCUT2D eigenvalue weighted by Crippen LogP contribution is 2.38. The summed E-state index contributed by atoms with van der Waals surface area (Å²) in [4.78, 5) is 14.4. The number of aryl methyl sites for hydroxylation is 1. The fraction of sp³-hybridized carbons (Fsp3) is 0.143. The summed E-state index contributed by atoms with van der Waals surface area (Å²) in [6.45, 7) is 1.73. The van der Waals surface area contributed by atoms with E-state index in [1.54, 1.807) is 25.1 Å². The molecule has 1 aromatic carbocycles.